The van der Waals surface area contributed by atoms with Crippen molar-refractivity contribution in [1.82, 2.24) is 0 Å². The largest absolute Gasteiger partial charge is 2.00 e. The predicted octanol–water partition coefficient (Wildman–Crippen LogP) is 4.66. The molecule has 15 heavy (non-hydrogen) atoms. The predicted molar refractivity (Wildman–Crippen MR) is 65.8 cm³/mol. The average molecular weight is 249 g/mol. The first kappa shape index (κ1) is 19.9. The second-order valence-electron chi connectivity index (χ2n) is 3.93. The average Bonchev–Trinajstić information content (AvgIpc) is 1.79. The molecule has 0 radical (unpaired) electrons. The third-order valence-electron chi connectivity index (χ3n) is 1.03. The number of rotatable bonds is 2. The Morgan fingerprint density at radius 2 is 0.867 bits per heavy atom. The third kappa shape index (κ3) is 31.8. The Hall–Kier alpha value is -0.546. The van der Waals surface area contributed by atoms with Gasteiger partial charge in [-0.25, -0.2) is 23.3 Å². The van der Waals surface area contributed by atoms with Crippen molar-refractivity contribution in [1.29, 1.82) is 0 Å². The second-order valence-corrected chi connectivity index (χ2v) is 3.93. The van der Waals surface area contributed by atoms with E-state index in [0.29, 0.717) is 0 Å². The molecule has 0 aromatic carbocycles. The molecule has 0 nitrogen and oxygen atoms in total. The minimum absolute atomic E-state index is 0. The fraction of sp³-hybridized carbons (Fsp3) is 0.429. The number of hydrogen-bond donors (Lipinski definition) is 0. The van der Waals surface area contributed by atoms with Crippen LogP contribution in [0.3, 0.4) is 0 Å². The Labute approximate surface area is 106 Å². The monoisotopic (exact) mass is 248 g/mol. The van der Waals surface area contributed by atoms with Crippen molar-refractivity contribution in [2.24, 2.45) is 0 Å². The summed E-state index contributed by atoms with van der Waals surface area (Å²) < 4.78 is 0. The molecule has 0 aliphatic rings. The van der Waals surface area contributed by atoms with Crippen LogP contribution >= 0.6 is 0 Å². The summed E-state index contributed by atoms with van der Waals surface area (Å²) >= 11 is 0. The van der Waals surface area contributed by atoms with Crippen LogP contribution in [0.4, 0.5) is 0 Å². The molecule has 0 aromatic rings. The van der Waals surface area contributed by atoms with Gasteiger partial charge >= 0.3 is 16.5 Å². The summed E-state index contributed by atoms with van der Waals surface area (Å²) in [5.74, 6) is 0. The van der Waals surface area contributed by atoms with Gasteiger partial charge in [-0.1, -0.05) is 41.5 Å². The van der Waals surface area contributed by atoms with E-state index in [1.54, 1.807) is 0 Å². The van der Waals surface area contributed by atoms with Crippen LogP contribution in [0, 0.1) is 13.2 Å². The fourth-order valence-corrected chi connectivity index (χ4v) is 0.911. The van der Waals surface area contributed by atoms with Crippen LogP contribution in [0.15, 0.2) is 34.4 Å². The maximum absolute atomic E-state index is 5.33. The van der Waals surface area contributed by atoms with Crippen LogP contribution in [-0.4, -0.2) is 0 Å². The molecule has 0 aromatic heterocycles. The zero-order chi connectivity index (χ0) is 11.7. The quantitative estimate of drug-likeness (QED) is 0.379. The molecule has 0 atom stereocenters. The molecule has 0 saturated carbocycles. The Morgan fingerprint density at radius 1 is 0.667 bits per heavy atom. The van der Waals surface area contributed by atoms with Crippen LogP contribution in [0.5, 0.6) is 0 Å². The first-order valence-electron chi connectivity index (χ1n) is 4.73. The Balaban J connectivity index is -0.000000180. The number of hydrogen-bond acceptors (Lipinski definition) is 0. The summed E-state index contributed by atoms with van der Waals surface area (Å²) in [6.07, 6.45) is 3.89. The van der Waals surface area contributed by atoms with Crippen molar-refractivity contribution in [3.05, 3.63) is 47.6 Å². The van der Waals surface area contributed by atoms with Gasteiger partial charge in [-0.15, -0.1) is 0 Å². The van der Waals surface area contributed by atoms with Crippen molar-refractivity contribution < 1.29 is 16.5 Å². The zero-order valence-electron chi connectivity index (χ0n) is 10.6. The molecule has 88 valence electrons. The van der Waals surface area contributed by atoms with E-state index in [1.807, 2.05) is 53.7 Å². The van der Waals surface area contributed by atoms with E-state index in [0.717, 1.165) is 11.1 Å². The zero-order valence-corrected chi connectivity index (χ0v) is 11.6. The Bertz CT molecular complexity index is 219. The molecule has 0 aliphatic heterocycles. The van der Waals surface area contributed by atoms with Gasteiger partial charge in [0, 0.05) is 0 Å². The summed E-state index contributed by atoms with van der Waals surface area (Å²) in [5.41, 5.74) is 4.25. The maximum atomic E-state index is 5.33. The summed E-state index contributed by atoms with van der Waals surface area (Å²) in [6, 6.07) is 0. The van der Waals surface area contributed by atoms with Crippen molar-refractivity contribution in [3.63, 3.8) is 0 Å². The second kappa shape index (κ2) is 11.5. The molecule has 0 aliphatic carbocycles. The standard InChI is InChI=1S/2C7H11.Ni/c2*1-6(2)5-7(3)4;/h2*1,5H,2-4H3;/q2*-1;+2. The molecule has 0 amide bonds. The van der Waals surface area contributed by atoms with E-state index < -0.39 is 0 Å². The summed E-state index contributed by atoms with van der Waals surface area (Å²) in [5, 5.41) is 0. The molecule has 0 bridgehead atoms. The molecule has 1 heteroatoms. The van der Waals surface area contributed by atoms with Crippen molar-refractivity contribution >= 4 is 0 Å². The fourth-order valence-electron chi connectivity index (χ4n) is 0.911. The SMILES string of the molecule is [CH-]=C(C)C=C(C)C.[CH-]=C(C)C=C(C)C.[Ni+2]. The van der Waals surface area contributed by atoms with Gasteiger partial charge < -0.3 is 0 Å². The molecule has 0 saturated heterocycles. The van der Waals surface area contributed by atoms with Gasteiger partial charge in [-0.2, -0.15) is 11.1 Å². The number of allylic oxidation sites excluding steroid dienone is 6. The maximum Gasteiger partial charge on any atom is 2.00 e. The molecule has 0 fully saturated rings. The van der Waals surface area contributed by atoms with Crippen LogP contribution in [-0.2, 0) is 16.5 Å². The first-order chi connectivity index (χ1) is 6.25. The minimum Gasteiger partial charge on any atom is -0.290 e. The molecular formula is C14H22Ni. The van der Waals surface area contributed by atoms with Gasteiger partial charge in [0.1, 0.15) is 0 Å². The van der Waals surface area contributed by atoms with Crippen LogP contribution in [0.1, 0.15) is 41.5 Å². The van der Waals surface area contributed by atoms with Gasteiger partial charge in [0.2, 0.25) is 0 Å². The van der Waals surface area contributed by atoms with E-state index >= 15 is 0 Å². The molecule has 0 heterocycles. The Morgan fingerprint density at radius 3 is 0.867 bits per heavy atom. The van der Waals surface area contributed by atoms with E-state index in [1.165, 1.54) is 11.1 Å². The normalized spacial score (nSPS) is 7.33. The first-order valence-corrected chi connectivity index (χ1v) is 4.73. The van der Waals surface area contributed by atoms with Gasteiger partial charge in [-0.05, 0) is 0 Å². The third-order valence-corrected chi connectivity index (χ3v) is 1.03. The van der Waals surface area contributed by atoms with Gasteiger partial charge in [0.05, 0.1) is 0 Å². The molecule has 0 rings (SSSR count). The topological polar surface area (TPSA) is 0 Å². The van der Waals surface area contributed by atoms with E-state index in [9.17, 15) is 0 Å². The summed E-state index contributed by atoms with van der Waals surface area (Å²) in [7, 11) is 0. The van der Waals surface area contributed by atoms with Crippen LogP contribution in [0.2, 0.25) is 0 Å². The summed E-state index contributed by atoms with van der Waals surface area (Å²) in [4.78, 5) is 0. The minimum atomic E-state index is 0. The van der Waals surface area contributed by atoms with Gasteiger partial charge in [-0.3, -0.25) is 13.2 Å². The van der Waals surface area contributed by atoms with Crippen LogP contribution < -0.4 is 0 Å². The van der Waals surface area contributed by atoms with E-state index in [2.05, 4.69) is 0 Å². The van der Waals surface area contributed by atoms with Gasteiger partial charge in [0.25, 0.3) is 0 Å². The van der Waals surface area contributed by atoms with Crippen molar-refractivity contribution in [2.45, 2.75) is 41.5 Å². The molecule has 0 unspecified atom stereocenters. The molecule has 0 spiro atoms. The summed E-state index contributed by atoms with van der Waals surface area (Å²) in [6.45, 7) is 22.5. The van der Waals surface area contributed by atoms with Crippen molar-refractivity contribution in [2.75, 3.05) is 0 Å². The Kier molecular flexibility index (Phi) is 15.3. The molecule has 0 N–H and O–H groups in total. The van der Waals surface area contributed by atoms with E-state index in [4.69, 9.17) is 13.2 Å². The van der Waals surface area contributed by atoms with Gasteiger partial charge in [0.15, 0.2) is 0 Å². The van der Waals surface area contributed by atoms with Crippen molar-refractivity contribution in [3.8, 4) is 0 Å². The van der Waals surface area contributed by atoms with Crippen LogP contribution in [0.25, 0.3) is 0 Å². The molecular weight excluding hydrogens is 227 g/mol. The van der Waals surface area contributed by atoms with E-state index in [-0.39, 0.29) is 16.5 Å². The smallest absolute Gasteiger partial charge is 0.290 e.